The highest BCUT2D eigenvalue weighted by atomic mass is 16.6. The molecule has 1 aromatic carbocycles. The predicted molar refractivity (Wildman–Crippen MR) is 108 cm³/mol. The van der Waals surface area contributed by atoms with E-state index in [1.807, 2.05) is 0 Å². The van der Waals surface area contributed by atoms with Gasteiger partial charge in [-0.2, -0.15) is 0 Å². The molecule has 1 saturated heterocycles. The standard InChI is InChI=1S/C24H31NO2/c1-15-10-11-23(3)16(2)8-9-21-24(23,13-22(26)27-21)19(15)12-17-14-25-20-7-5-4-6-18(17)20/h4-7,14,16,19,21-22,25-26H,1,8-13H2,2-3H3/t16-,19-,21+,22-,23+,24-/m1/s1. The maximum absolute atomic E-state index is 10.5. The number of rotatable bonds is 2. The summed E-state index contributed by atoms with van der Waals surface area (Å²) in [5.74, 6) is 1.02. The number of hydrogen-bond acceptors (Lipinski definition) is 2. The molecule has 2 saturated carbocycles. The lowest BCUT2D eigenvalue weighted by Crippen LogP contribution is -2.59. The number of aromatic amines is 1. The molecule has 2 N–H and O–H groups in total. The van der Waals surface area contributed by atoms with E-state index in [1.165, 1.54) is 34.9 Å². The Morgan fingerprint density at radius 1 is 1.30 bits per heavy atom. The summed E-state index contributed by atoms with van der Waals surface area (Å²) in [7, 11) is 0. The van der Waals surface area contributed by atoms with Crippen molar-refractivity contribution in [3.05, 3.63) is 48.2 Å². The third-order valence-electron chi connectivity index (χ3n) is 8.60. The number of para-hydroxylation sites is 1. The highest BCUT2D eigenvalue weighted by molar-refractivity contribution is 5.83. The quantitative estimate of drug-likeness (QED) is 0.718. The number of ether oxygens (including phenoxy) is 1. The molecular weight excluding hydrogens is 334 g/mol. The highest BCUT2D eigenvalue weighted by Gasteiger charge is 2.67. The lowest BCUT2D eigenvalue weighted by Gasteiger charge is -2.62. The minimum atomic E-state index is -0.629. The SMILES string of the molecule is C=C1CC[C@@]2(C)[C@H](C)CC[C@@H]3O[C@@H](O)C[C@@]32[C@@H]1Cc1c[nH]c2ccccc12. The molecule has 6 atom stereocenters. The molecule has 2 heterocycles. The smallest absolute Gasteiger partial charge is 0.155 e. The third kappa shape index (κ3) is 2.28. The second-order valence-corrected chi connectivity index (χ2v) is 9.49. The Kier molecular flexibility index (Phi) is 3.86. The van der Waals surface area contributed by atoms with E-state index in [-0.39, 0.29) is 16.9 Å². The molecule has 27 heavy (non-hydrogen) atoms. The molecule has 3 heteroatoms. The maximum Gasteiger partial charge on any atom is 0.155 e. The number of hydrogen-bond donors (Lipinski definition) is 2. The van der Waals surface area contributed by atoms with Crippen molar-refractivity contribution >= 4 is 10.9 Å². The number of aromatic nitrogens is 1. The zero-order chi connectivity index (χ0) is 18.8. The van der Waals surface area contributed by atoms with Gasteiger partial charge in [-0.15, -0.1) is 0 Å². The monoisotopic (exact) mass is 365 g/mol. The fourth-order valence-corrected chi connectivity index (χ4v) is 6.93. The van der Waals surface area contributed by atoms with E-state index < -0.39 is 6.29 Å². The van der Waals surface area contributed by atoms with E-state index in [2.05, 4.69) is 55.9 Å². The lowest BCUT2D eigenvalue weighted by molar-refractivity contribution is -0.158. The van der Waals surface area contributed by atoms with Crippen LogP contribution >= 0.6 is 0 Å². The van der Waals surface area contributed by atoms with Crippen molar-refractivity contribution in [2.45, 2.75) is 64.8 Å². The first-order valence-corrected chi connectivity index (χ1v) is 10.5. The van der Waals surface area contributed by atoms with E-state index >= 15 is 0 Å². The Hall–Kier alpha value is -1.58. The van der Waals surface area contributed by atoms with Crippen LogP contribution in [0.1, 0.15) is 51.5 Å². The van der Waals surface area contributed by atoms with E-state index in [1.54, 1.807) is 0 Å². The zero-order valence-corrected chi connectivity index (χ0v) is 16.5. The fraction of sp³-hybridized carbons (Fsp3) is 0.583. The summed E-state index contributed by atoms with van der Waals surface area (Å²) in [4.78, 5) is 3.44. The second kappa shape index (κ2) is 5.96. The Labute approximate surface area is 161 Å². The van der Waals surface area contributed by atoms with Gasteiger partial charge in [-0.1, -0.05) is 44.2 Å². The minimum absolute atomic E-state index is 0.00219. The van der Waals surface area contributed by atoms with Crippen molar-refractivity contribution in [2.24, 2.45) is 22.7 Å². The molecule has 3 fully saturated rings. The van der Waals surface area contributed by atoms with Crippen molar-refractivity contribution < 1.29 is 9.84 Å². The first kappa shape index (κ1) is 17.5. The summed E-state index contributed by atoms with van der Waals surface area (Å²) >= 11 is 0. The topological polar surface area (TPSA) is 45.2 Å². The van der Waals surface area contributed by atoms with Crippen molar-refractivity contribution in [3.63, 3.8) is 0 Å². The maximum atomic E-state index is 10.5. The van der Waals surface area contributed by atoms with Crippen LogP contribution < -0.4 is 0 Å². The van der Waals surface area contributed by atoms with E-state index in [4.69, 9.17) is 4.74 Å². The number of allylic oxidation sites excluding steroid dienone is 1. The van der Waals surface area contributed by atoms with Gasteiger partial charge in [0.05, 0.1) is 6.10 Å². The van der Waals surface area contributed by atoms with Crippen LogP contribution in [0.4, 0.5) is 0 Å². The fourth-order valence-electron chi connectivity index (χ4n) is 6.93. The van der Waals surface area contributed by atoms with Crippen molar-refractivity contribution in [3.8, 4) is 0 Å². The van der Waals surface area contributed by atoms with Gasteiger partial charge in [-0.25, -0.2) is 0 Å². The van der Waals surface area contributed by atoms with Gasteiger partial charge in [-0.05, 0) is 61.0 Å². The van der Waals surface area contributed by atoms with E-state index in [0.29, 0.717) is 11.8 Å². The molecule has 3 nitrogen and oxygen atoms in total. The molecule has 0 bridgehead atoms. The van der Waals surface area contributed by atoms with Crippen LogP contribution in [-0.2, 0) is 11.2 Å². The summed E-state index contributed by atoms with van der Waals surface area (Å²) < 4.78 is 6.13. The van der Waals surface area contributed by atoms with Gasteiger partial charge in [0.25, 0.3) is 0 Å². The third-order valence-corrected chi connectivity index (χ3v) is 8.60. The van der Waals surface area contributed by atoms with Crippen LogP contribution in [0.3, 0.4) is 0 Å². The number of H-pyrrole nitrogens is 1. The molecule has 2 aliphatic carbocycles. The lowest BCUT2D eigenvalue weighted by atomic mass is 9.41. The van der Waals surface area contributed by atoms with E-state index in [9.17, 15) is 5.11 Å². The molecule has 1 spiro atoms. The summed E-state index contributed by atoms with van der Waals surface area (Å²) in [5.41, 5.74) is 4.12. The number of nitrogens with one attached hydrogen (secondary N) is 1. The van der Waals surface area contributed by atoms with Gasteiger partial charge in [0, 0.05) is 28.9 Å². The number of aliphatic hydroxyl groups is 1. The Bertz CT molecular complexity index is 885. The highest BCUT2D eigenvalue weighted by Crippen LogP contribution is 2.69. The average Bonchev–Trinajstić information content (AvgIpc) is 3.22. The van der Waals surface area contributed by atoms with Crippen molar-refractivity contribution in [2.75, 3.05) is 0 Å². The Balaban J connectivity index is 1.62. The Morgan fingerprint density at radius 3 is 2.96 bits per heavy atom. The molecular formula is C24H31NO2. The first-order chi connectivity index (χ1) is 13.0. The number of aliphatic hydroxyl groups excluding tert-OH is 1. The summed E-state index contributed by atoms with van der Waals surface area (Å²) in [6.07, 6.45) is 7.96. The molecule has 5 rings (SSSR count). The largest absolute Gasteiger partial charge is 0.368 e. The summed E-state index contributed by atoms with van der Waals surface area (Å²) in [5, 5.41) is 11.9. The van der Waals surface area contributed by atoms with Crippen LogP contribution in [0.5, 0.6) is 0 Å². The van der Waals surface area contributed by atoms with Crippen molar-refractivity contribution in [1.82, 2.24) is 4.98 Å². The van der Waals surface area contributed by atoms with Gasteiger partial charge >= 0.3 is 0 Å². The molecule has 3 aliphatic rings. The van der Waals surface area contributed by atoms with Crippen molar-refractivity contribution in [1.29, 1.82) is 0 Å². The molecule has 0 radical (unpaired) electrons. The van der Waals surface area contributed by atoms with Gasteiger partial charge in [0.15, 0.2) is 6.29 Å². The van der Waals surface area contributed by atoms with E-state index in [0.717, 1.165) is 25.7 Å². The normalized spacial score (nSPS) is 41.5. The van der Waals surface area contributed by atoms with Gasteiger partial charge in [0.1, 0.15) is 0 Å². The summed E-state index contributed by atoms with van der Waals surface area (Å²) in [6.45, 7) is 9.42. The molecule has 144 valence electrons. The first-order valence-electron chi connectivity index (χ1n) is 10.5. The van der Waals surface area contributed by atoms with Gasteiger partial charge in [-0.3, -0.25) is 0 Å². The Morgan fingerprint density at radius 2 is 2.11 bits per heavy atom. The van der Waals surface area contributed by atoms with Gasteiger partial charge in [0.2, 0.25) is 0 Å². The minimum Gasteiger partial charge on any atom is -0.368 e. The van der Waals surface area contributed by atoms with Crippen LogP contribution in [0.25, 0.3) is 10.9 Å². The molecule has 1 aromatic heterocycles. The number of fused-ring (bicyclic) bond motifs is 1. The summed E-state index contributed by atoms with van der Waals surface area (Å²) in [6, 6.07) is 8.55. The van der Waals surface area contributed by atoms with Crippen LogP contribution in [0.2, 0.25) is 0 Å². The zero-order valence-electron chi connectivity index (χ0n) is 16.5. The number of benzene rings is 1. The van der Waals surface area contributed by atoms with Gasteiger partial charge < -0.3 is 14.8 Å². The average molecular weight is 366 g/mol. The molecule has 0 amide bonds. The van der Waals surface area contributed by atoms with Crippen LogP contribution in [0, 0.1) is 22.7 Å². The molecule has 0 unspecified atom stereocenters. The predicted octanol–water partition coefficient (Wildman–Crippen LogP) is 5.21. The second-order valence-electron chi connectivity index (χ2n) is 9.49. The van der Waals surface area contributed by atoms with Crippen LogP contribution in [-0.4, -0.2) is 22.5 Å². The molecule has 2 aromatic rings. The van der Waals surface area contributed by atoms with Crippen LogP contribution in [0.15, 0.2) is 42.6 Å². The molecule has 1 aliphatic heterocycles.